The Kier molecular flexibility index (Phi) is 3.25. The van der Waals surface area contributed by atoms with Crippen molar-refractivity contribution in [3.63, 3.8) is 0 Å². The van der Waals surface area contributed by atoms with Gasteiger partial charge in [-0.05, 0) is 12.1 Å². The number of hydrogen-bond acceptors (Lipinski definition) is 4. The molecule has 1 heterocycles. The first-order chi connectivity index (χ1) is 8.33. The Hall–Kier alpha value is -2.49. The van der Waals surface area contributed by atoms with E-state index in [9.17, 15) is 4.79 Å². The Morgan fingerprint density at radius 1 is 1.06 bits per heavy atom. The van der Waals surface area contributed by atoms with Gasteiger partial charge in [-0.2, -0.15) is 0 Å². The van der Waals surface area contributed by atoms with E-state index in [1.807, 2.05) is 6.07 Å². The number of pyridine rings is 1. The summed E-state index contributed by atoms with van der Waals surface area (Å²) in [5, 5.41) is 12.0. The van der Waals surface area contributed by atoms with Crippen molar-refractivity contribution in [1.29, 1.82) is 0 Å². The Labute approximate surface area is 98.2 Å². The zero-order valence-electron chi connectivity index (χ0n) is 8.95. The highest BCUT2D eigenvalue weighted by molar-refractivity contribution is 6.51. The van der Waals surface area contributed by atoms with E-state index in [4.69, 9.17) is 5.21 Å². The SMILES string of the molecule is O=C(C(=NO)c1ccccc1)c1cccnc1. The molecule has 0 aliphatic heterocycles. The molecule has 1 N–H and O–H groups in total. The first-order valence-electron chi connectivity index (χ1n) is 5.05. The maximum atomic E-state index is 12.0. The molecule has 0 unspecified atom stereocenters. The van der Waals surface area contributed by atoms with Crippen LogP contribution in [-0.4, -0.2) is 21.7 Å². The zero-order chi connectivity index (χ0) is 12.1. The predicted molar refractivity (Wildman–Crippen MR) is 63.3 cm³/mol. The summed E-state index contributed by atoms with van der Waals surface area (Å²) in [5.41, 5.74) is 0.978. The van der Waals surface area contributed by atoms with Crippen LogP contribution in [0.1, 0.15) is 15.9 Å². The van der Waals surface area contributed by atoms with Crippen molar-refractivity contribution < 1.29 is 10.0 Å². The first kappa shape index (κ1) is 11.0. The number of nitrogens with zero attached hydrogens (tertiary/aromatic N) is 2. The fourth-order valence-electron chi connectivity index (χ4n) is 1.46. The lowest BCUT2D eigenvalue weighted by Crippen LogP contribution is -2.16. The van der Waals surface area contributed by atoms with Gasteiger partial charge in [-0.15, -0.1) is 0 Å². The second-order valence-electron chi connectivity index (χ2n) is 3.39. The van der Waals surface area contributed by atoms with Gasteiger partial charge in [0.25, 0.3) is 0 Å². The quantitative estimate of drug-likeness (QED) is 0.377. The van der Waals surface area contributed by atoms with Gasteiger partial charge in [0.2, 0.25) is 5.78 Å². The summed E-state index contributed by atoms with van der Waals surface area (Å²) in [4.78, 5) is 15.9. The molecule has 4 heteroatoms. The average Bonchev–Trinajstić information content (AvgIpc) is 2.42. The molecule has 84 valence electrons. The van der Waals surface area contributed by atoms with Gasteiger partial charge < -0.3 is 5.21 Å². The minimum Gasteiger partial charge on any atom is -0.410 e. The molecule has 0 bridgehead atoms. The minimum atomic E-state index is -0.355. The Morgan fingerprint density at radius 2 is 1.76 bits per heavy atom. The summed E-state index contributed by atoms with van der Waals surface area (Å²) in [6.07, 6.45) is 3.02. The van der Waals surface area contributed by atoms with Crippen LogP contribution in [0.3, 0.4) is 0 Å². The molecule has 0 aliphatic carbocycles. The van der Waals surface area contributed by atoms with Crippen molar-refractivity contribution in [2.45, 2.75) is 0 Å². The lowest BCUT2D eigenvalue weighted by molar-refractivity contribution is 0.106. The molecular weight excluding hydrogens is 216 g/mol. The second-order valence-corrected chi connectivity index (χ2v) is 3.39. The summed E-state index contributed by atoms with van der Waals surface area (Å²) in [7, 11) is 0. The fraction of sp³-hybridized carbons (Fsp3) is 0. The topological polar surface area (TPSA) is 62.5 Å². The van der Waals surface area contributed by atoms with E-state index >= 15 is 0 Å². The second kappa shape index (κ2) is 5.03. The monoisotopic (exact) mass is 226 g/mol. The molecule has 0 amide bonds. The molecule has 17 heavy (non-hydrogen) atoms. The smallest absolute Gasteiger partial charge is 0.216 e. The zero-order valence-corrected chi connectivity index (χ0v) is 8.95. The van der Waals surface area contributed by atoms with Crippen LogP contribution in [-0.2, 0) is 0 Å². The predicted octanol–water partition coefficient (Wildman–Crippen LogP) is 2.14. The molecular formula is C13H10N2O2. The fourth-order valence-corrected chi connectivity index (χ4v) is 1.46. The van der Waals surface area contributed by atoms with Gasteiger partial charge in [-0.1, -0.05) is 35.5 Å². The Morgan fingerprint density at radius 3 is 2.35 bits per heavy atom. The van der Waals surface area contributed by atoms with Gasteiger partial charge in [-0.3, -0.25) is 9.78 Å². The molecule has 0 atom stereocenters. The number of benzene rings is 1. The van der Waals surface area contributed by atoms with Crippen molar-refractivity contribution in [2.75, 3.05) is 0 Å². The van der Waals surface area contributed by atoms with Crippen LogP contribution in [0.4, 0.5) is 0 Å². The van der Waals surface area contributed by atoms with E-state index < -0.39 is 0 Å². The van der Waals surface area contributed by atoms with Crippen LogP contribution >= 0.6 is 0 Å². The number of carbonyl (C=O) groups excluding carboxylic acids is 1. The van der Waals surface area contributed by atoms with Crippen LogP contribution in [0.2, 0.25) is 0 Å². The normalized spacial score (nSPS) is 11.2. The van der Waals surface area contributed by atoms with Crippen molar-refractivity contribution in [1.82, 2.24) is 4.98 Å². The molecule has 2 rings (SSSR count). The highest BCUT2D eigenvalue weighted by atomic mass is 16.4. The van der Waals surface area contributed by atoms with E-state index in [0.29, 0.717) is 11.1 Å². The van der Waals surface area contributed by atoms with Crippen molar-refractivity contribution in [2.24, 2.45) is 5.16 Å². The third-order valence-electron chi connectivity index (χ3n) is 2.29. The Balaban J connectivity index is 2.37. The minimum absolute atomic E-state index is 0.0126. The molecule has 1 aromatic heterocycles. The van der Waals surface area contributed by atoms with Crippen LogP contribution in [0, 0.1) is 0 Å². The van der Waals surface area contributed by atoms with E-state index in [1.54, 1.807) is 42.6 Å². The van der Waals surface area contributed by atoms with Gasteiger partial charge in [0.05, 0.1) is 0 Å². The van der Waals surface area contributed by atoms with E-state index in [2.05, 4.69) is 10.1 Å². The summed E-state index contributed by atoms with van der Waals surface area (Å²) < 4.78 is 0. The maximum Gasteiger partial charge on any atom is 0.216 e. The maximum absolute atomic E-state index is 12.0. The number of rotatable bonds is 3. The number of ketones is 1. The van der Waals surface area contributed by atoms with Crippen molar-refractivity contribution >= 4 is 11.5 Å². The van der Waals surface area contributed by atoms with E-state index in [0.717, 1.165) is 0 Å². The van der Waals surface area contributed by atoms with Gasteiger partial charge in [-0.25, -0.2) is 0 Å². The summed E-state index contributed by atoms with van der Waals surface area (Å²) in [6.45, 7) is 0. The van der Waals surface area contributed by atoms with E-state index in [1.165, 1.54) is 6.20 Å². The molecule has 0 saturated carbocycles. The number of carbonyl (C=O) groups is 1. The molecule has 0 saturated heterocycles. The highest BCUT2D eigenvalue weighted by Gasteiger charge is 2.16. The molecule has 4 nitrogen and oxygen atoms in total. The number of oxime groups is 1. The lowest BCUT2D eigenvalue weighted by Gasteiger charge is -2.03. The molecule has 1 aromatic carbocycles. The molecule has 0 fully saturated rings. The summed E-state index contributed by atoms with van der Waals surface area (Å²) in [5.74, 6) is -0.355. The third-order valence-corrected chi connectivity index (χ3v) is 2.29. The Bertz CT molecular complexity index is 536. The van der Waals surface area contributed by atoms with Crippen LogP contribution in [0.25, 0.3) is 0 Å². The first-order valence-corrected chi connectivity index (χ1v) is 5.05. The summed E-state index contributed by atoms with van der Waals surface area (Å²) in [6, 6.07) is 12.1. The standard InChI is InChI=1S/C13H10N2O2/c16-13(11-7-4-8-14-9-11)12(15-17)10-5-2-1-3-6-10/h1-9,17H. The van der Waals surface area contributed by atoms with Crippen LogP contribution in [0.15, 0.2) is 60.0 Å². The number of aromatic nitrogens is 1. The van der Waals surface area contributed by atoms with Crippen molar-refractivity contribution in [3.05, 3.63) is 66.0 Å². The molecule has 0 spiro atoms. The van der Waals surface area contributed by atoms with Gasteiger partial charge in [0.1, 0.15) is 0 Å². The van der Waals surface area contributed by atoms with Gasteiger partial charge >= 0.3 is 0 Å². The van der Waals surface area contributed by atoms with Crippen LogP contribution in [0.5, 0.6) is 0 Å². The lowest BCUT2D eigenvalue weighted by atomic mass is 10.0. The van der Waals surface area contributed by atoms with Gasteiger partial charge in [0, 0.05) is 23.5 Å². The third kappa shape index (κ3) is 2.36. The summed E-state index contributed by atoms with van der Waals surface area (Å²) >= 11 is 0. The molecule has 0 radical (unpaired) electrons. The average molecular weight is 226 g/mol. The number of hydrogen-bond donors (Lipinski definition) is 1. The van der Waals surface area contributed by atoms with Gasteiger partial charge in [0.15, 0.2) is 5.71 Å². The number of Topliss-reactive ketones (excluding diaryl/α,β-unsaturated/α-hetero) is 1. The largest absolute Gasteiger partial charge is 0.410 e. The molecule has 2 aromatic rings. The molecule has 0 aliphatic rings. The van der Waals surface area contributed by atoms with Crippen molar-refractivity contribution in [3.8, 4) is 0 Å². The van der Waals surface area contributed by atoms with Crippen LogP contribution < -0.4 is 0 Å². The highest BCUT2D eigenvalue weighted by Crippen LogP contribution is 2.07. The van der Waals surface area contributed by atoms with E-state index in [-0.39, 0.29) is 11.5 Å².